The molecule has 1 saturated carbocycles. The zero-order valence-corrected chi connectivity index (χ0v) is 12.8. The molecule has 0 aliphatic heterocycles. The van der Waals surface area contributed by atoms with Gasteiger partial charge >= 0.3 is 0 Å². The van der Waals surface area contributed by atoms with Crippen LogP contribution in [0.1, 0.15) is 19.3 Å². The molecule has 2 nitrogen and oxygen atoms in total. The van der Waals surface area contributed by atoms with Crippen LogP contribution in [0.4, 0.5) is 0 Å². The molecule has 2 aromatic rings. The van der Waals surface area contributed by atoms with E-state index in [1.165, 1.54) is 12.8 Å². The van der Waals surface area contributed by atoms with Crippen LogP contribution in [0.25, 0.3) is 11.1 Å². The summed E-state index contributed by atoms with van der Waals surface area (Å²) in [5, 5.41) is 0.667. The Kier molecular flexibility index (Phi) is 4.18. The van der Waals surface area contributed by atoms with Crippen molar-refractivity contribution in [1.29, 1.82) is 0 Å². The van der Waals surface area contributed by atoms with E-state index in [1.807, 2.05) is 30.3 Å². The molecule has 2 N–H and O–H groups in total. The maximum atomic E-state index is 6.36. The van der Waals surface area contributed by atoms with Crippen LogP contribution < -0.4 is 10.5 Å². The predicted octanol–water partition coefficient (Wildman–Crippen LogP) is 4.51. The van der Waals surface area contributed by atoms with Gasteiger partial charge in [-0.1, -0.05) is 48.0 Å². The van der Waals surface area contributed by atoms with Crippen LogP contribution >= 0.6 is 11.6 Å². The summed E-state index contributed by atoms with van der Waals surface area (Å²) in [6, 6.07) is 16.2. The minimum atomic E-state index is 0.302. The molecule has 0 bridgehead atoms. The van der Waals surface area contributed by atoms with Gasteiger partial charge in [-0.25, -0.2) is 0 Å². The van der Waals surface area contributed by atoms with Gasteiger partial charge in [-0.2, -0.15) is 0 Å². The predicted molar refractivity (Wildman–Crippen MR) is 87.7 cm³/mol. The van der Waals surface area contributed by atoms with Crippen molar-refractivity contribution < 1.29 is 4.74 Å². The van der Waals surface area contributed by atoms with E-state index in [1.54, 1.807) is 0 Å². The molecule has 0 amide bonds. The lowest BCUT2D eigenvalue weighted by molar-refractivity contribution is 0.227. The molecule has 110 valence electrons. The first-order chi connectivity index (χ1) is 10.2. The summed E-state index contributed by atoms with van der Waals surface area (Å²) in [5.74, 6) is 0.764. The zero-order chi connectivity index (χ0) is 14.7. The molecule has 0 radical (unpaired) electrons. The minimum absolute atomic E-state index is 0.302. The third-order valence-electron chi connectivity index (χ3n) is 4.20. The molecule has 0 atom stereocenters. The van der Waals surface area contributed by atoms with Crippen LogP contribution in [0, 0.1) is 5.41 Å². The third kappa shape index (κ3) is 3.39. The van der Waals surface area contributed by atoms with Crippen molar-refractivity contribution in [2.24, 2.45) is 11.1 Å². The molecule has 0 aromatic heterocycles. The van der Waals surface area contributed by atoms with E-state index in [4.69, 9.17) is 22.1 Å². The molecule has 3 heteroatoms. The molecule has 21 heavy (non-hydrogen) atoms. The molecule has 1 fully saturated rings. The van der Waals surface area contributed by atoms with Crippen molar-refractivity contribution >= 4 is 11.6 Å². The van der Waals surface area contributed by atoms with Crippen molar-refractivity contribution in [2.45, 2.75) is 19.3 Å². The second-order valence-electron chi connectivity index (χ2n) is 5.84. The summed E-state index contributed by atoms with van der Waals surface area (Å²) in [6.07, 6.45) is 3.46. The van der Waals surface area contributed by atoms with Crippen molar-refractivity contribution in [1.82, 2.24) is 0 Å². The minimum Gasteiger partial charge on any atom is -0.491 e. The van der Waals surface area contributed by atoms with Crippen LogP contribution in [0.3, 0.4) is 0 Å². The molecule has 2 aromatic carbocycles. The maximum Gasteiger partial charge on any atom is 0.137 e. The Morgan fingerprint density at radius 2 is 1.81 bits per heavy atom. The lowest BCUT2D eigenvalue weighted by Crippen LogP contribution is -2.17. The standard InChI is InChI=1S/C18H20ClNO/c19-16-12-15(14-4-2-1-3-5-14)6-7-17(16)21-13-18(8-9-18)10-11-20/h1-7,12H,8-11,13,20H2. The number of hydrogen-bond donors (Lipinski definition) is 1. The first-order valence-corrected chi connectivity index (χ1v) is 7.78. The highest BCUT2D eigenvalue weighted by Gasteiger charge is 2.42. The van der Waals surface area contributed by atoms with Crippen molar-refractivity contribution in [3.63, 3.8) is 0 Å². The van der Waals surface area contributed by atoms with Gasteiger partial charge in [-0.3, -0.25) is 0 Å². The van der Waals surface area contributed by atoms with E-state index in [0.717, 1.165) is 29.8 Å². The highest BCUT2D eigenvalue weighted by atomic mass is 35.5. The summed E-state index contributed by atoms with van der Waals surface area (Å²) >= 11 is 6.36. The normalized spacial score (nSPS) is 15.7. The molecule has 1 aliphatic carbocycles. The second kappa shape index (κ2) is 6.08. The molecule has 3 rings (SSSR count). The largest absolute Gasteiger partial charge is 0.491 e. The maximum absolute atomic E-state index is 6.36. The highest BCUT2D eigenvalue weighted by molar-refractivity contribution is 6.32. The fourth-order valence-corrected chi connectivity index (χ4v) is 2.84. The summed E-state index contributed by atoms with van der Waals surface area (Å²) in [7, 11) is 0. The van der Waals surface area contributed by atoms with Crippen LogP contribution in [-0.2, 0) is 0 Å². The van der Waals surface area contributed by atoms with Crippen LogP contribution in [0.15, 0.2) is 48.5 Å². The topological polar surface area (TPSA) is 35.2 Å². The van der Waals surface area contributed by atoms with E-state index >= 15 is 0 Å². The third-order valence-corrected chi connectivity index (χ3v) is 4.50. The smallest absolute Gasteiger partial charge is 0.137 e. The summed E-state index contributed by atoms with van der Waals surface area (Å²) < 4.78 is 5.92. The van der Waals surface area contributed by atoms with Gasteiger partial charge in [0.1, 0.15) is 5.75 Å². The van der Waals surface area contributed by atoms with Crippen molar-refractivity contribution in [3.8, 4) is 16.9 Å². The van der Waals surface area contributed by atoms with Crippen molar-refractivity contribution in [2.75, 3.05) is 13.2 Å². The number of rotatable bonds is 6. The van der Waals surface area contributed by atoms with Gasteiger partial charge in [0.2, 0.25) is 0 Å². The quantitative estimate of drug-likeness (QED) is 0.851. The Morgan fingerprint density at radius 3 is 2.43 bits per heavy atom. The number of nitrogens with two attached hydrogens (primary N) is 1. The first-order valence-electron chi connectivity index (χ1n) is 7.40. The molecule has 0 unspecified atom stereocenters. The van der Waals surface area contributed by atoms with Gasteiger partial charge in [0.15, 0.2) is 0 Å². The van der Waals surface area contributed by atoms with E-state index in [0.29, 0.717) is 17.0 Å². The van der Waals surface area contributed by atoms with Crippen molar-refractivity contribution in [3.05, 3.63) is 53.6 Å². The molecular formula is C18H20ClNO. The van der Waals surface area contributed by atoms with Gasteiger partial charge in [0.25, 0.3) is 0 Å². The molecule has 0 heterocycles. The fraction of sp³-hybridized carbons (Fsp3) is 0.333. The van der Waals surface area contributed by atoms with E-state index in [9.17, 15) is 0 Å². The summed E-state index contributed by atoms with van der Waals surface area (Å²) in [6.45, 7) is 1.44. The Bertz CT molecular complexity index is 608. The SMILES string of the molecule is NCCC1(COc2ccc(-c3ccccc3)cc2Cl)CC1. The van der Waals surface area contributed by atoms with Gasteiger partial charge in [-0.15, -0.1) is 0 Å². The number of hydrogen-bond acceptors (Lipinski definition) is 2. The first kappa shape index (κ1) is 14.4. The molecule has 0 spiro atoms. The molecular weight excluding hydrogens is 282 g/mol. The lowest BCUT2D eigenvalue weighted by atomic mass is 10.0. The monoisotopic (exact) mass is 301 g/mol. The van der Waals surface area contributed by atoms with Crippen LogP contribution in [0.5, 0.6) is 5.75 Å². The van der Waals surface area contributed by atoms with Gasteiger partial charge in [-0.05, 0) is 49.1 Å². The average Bonchev–Trinajstić information content (AvgIpc) is 3.27. The van der Waals surface area contributed by atoms with E-state index in [-0.39, 0.29) is 0 Å². The van der Waals surface area contributed by atoms with Gasteiger partial charge in [0, 0.05) is 5.41 Å². The Hall–Kier alpha value is -1.51. The van der Waals surface area contributed by atoms with Gasteiger partial charge in [0.05, 0.1) is 11.6 Å². The Labute approximate surface area is 130 Å². The Morgan fingerprint density at radius 1 is 1.05 bits per heavy atom. The number of ether oxygens (including phenoxy) is 1. The Balaban J connectivity index is 1.70. The van der Waals surface area contributed by atoms with E-state index in [2.05, 4.69) is 18.2 Å². The van der Waals surface area contributed by atoms with Gasteiger partial charge < -0.3 is 10.5 Å². The highest BCUT2D eigenvalue weighted by Crippen LogP contribution is 2.49. The fourth-order valence-electron chi connectivity index (χ4n) is 2.61. The van der Waals surface area contributed by atoms with Crippen LogP contribution in [-0.4, -0.2) is 13.2 Å². The zero-order valence-electron chi connectivity index (χ0n) is 12.0. The second-order valence-corrected chi connectivity index (χ2v) is 6.25. The van der Waals surface area contributed by atoms with Crippen LogP contribution in [0.2, 0.25) is 5.02 Å². The lowest BCUT2D eigenvalue weighted by Gasteiger charge is -2.16. The number of benzene rings is 2. The number of halogens is 1. The molecule has 1 aliphatic rings. The average molecular weight is 302 g/mol. The summed E-state index contributed by atoms with van der Waals surface area (Å²) in [4.78, 5) is 0. The summed E-state index contributed by atoms with van der Waals surface area (Å²) in [5.41, 5.74) is 8.23. The van der Waals surface area contributed by atoms with E-state index < -0.39 is 0 Å². The molecule has 0 saturated heterocycles.